The van der Waals surface area contributed by atoms with E-state index >= 15 is 0 Å². The van der Waals surface area contributed by atoms with E-state index in [9.17, 15) is 4.79 Å². The quantitative estimate of drug-likeness (QED) is 0.779. The fourth-order valence-corrected chi connectivity index (χ4v) is 3.62. The minimum Gasteiger partial charge on any atom is -0.486 e. The van der Waals surface area contributed by atoms with Crippen LogP contribution in [0.2, 0.25) is 0 Å². The van der Waals surface area contributed by atoms with Gasteiger partial charge in [-0.2, -0.15) is 4.98 Å². The van der Waals surface area contributed by atoms with Crippen LogP contribution < -0.4 is 9.47 Å². The van der Waals surface area contributed by atoms with Crippen molar-refractivity contribution in [1.29, 1.82) is 0 Å². The SMILES string of the molecule is Cc1noc([C@@H](C)N2CCC(C(=O)c3ccc4c(c3)OCCO4)CC2)n1. The maximum atomic E-state index is 12.9. The molecule has 7 nitrogen and oxygen atoms in total. The molecule has 0 N–H and O–H groups in total. The number of rotatable bonds is 4. The summed E-state index contributed by atoms with van der Waals surface area (Å²) < 4.78 is 16.4. The number of Topliss-reactive ketones (excluding diaryl/α,β-unsaturated/α-hetero) is 1. The molecule has 3 heterocycles. The van der Waals surface area contributed by atoms with Crippen LogP contribution in [-0.4, -0.2) is 47.1 Å². The van der Waals surface area contributed by atoms with Crippen LogP contribution in [0.25, 0.3) is 0 Å². The molecule has 1 saturated heterocycles. The van der Waals surface area contributed by atoms with E-state index in [0.29, 0.717) is 42.0 Å². The van der Waals surface area contributed by atoms with Crippen LogP contribution in [0.3, 0.4) is 0 Å². The molecule has 2 aromatic rings. The first-order valence-corrected chi connectivity index (χ1v) is 9.10. The normalized spacial score (nSPS) is 19.3. The number of carbonyl (C=O) groups is 1. The van der Waals surface area contributed by atoms with Gasteiger partial charge < -0.3 is 14.0 Å². The van der Waals surface area contributed by atoms with Gasteiger partial charge >= 0.3 is 0 Å². The fourth-order valence-electron chi connectivity index (χ4n) is 3.62. The second-order valence-corrected chi connectivity index (χ2v) is 6.89. The molecule has 2 aliphatic heterocycles. The molecule has 1 aromatic heterocycles. The summed E-state index contributed by atoms with van der Waals surface area (Å²) in [7, 11) is 0. The Bertz CT molecular complexity index is 796. The summed E-state index contributed by atoms with van der Waals surface area (Å²) >= 11 is 0. The predicted molar refractivity (Wildman–Crippen MR) is 93.5 cm³/mol. The lowest BCUT2D eigenvalue weighted by Gasteiger charge is -2.34. The highest BCUT2D eigenvalue weighted by Crippen LogP contribution is 2.33. The van der Waals surface area contributed by atoms with Gasteiger partial charge in [0.25, 0.3) is 0 Å². The lowest BCUT2D eigenvalue weighted by Crippen LogP contribution is -2.38. The Morgan fingerprint density at radius 2 is 1.92 bits per heavy atom. The Morgan fingerprint density at radius 1 is 1.19 bits per heavy atom. The molecular formula is C19H23N3O4. The number of likely N-dealkylation sites (tertiary alicyclic amines) is 1. The molecule has 138 valence electrons. The topological polar surface area (TPSA) is 77.7 Å². The second kappa shape index (κ2) is 7.07. The Kier molecular flexibility index (Phi) is 4.63. The summed E-state index contributed by atoms with van der Waals surface area (Å²) in [5.74, 6) is 2.88. The molecule has 0 saturated carbocycles. The lowest BCUT2D eigenvalue weighted by atomic mass is 9.88. The Morgan fingerprint density at radius 3 is 2.62 bits per heavy atom. The van der Waals surface area contributed by atoms with Crippen molar-refractivity contribution in [2.24, 2.45) is 5.92 Å². The Balaban J connectivity index is 1.39. The predicted octanol–water partition coefficient (Wildman–Crippen LogP) is 2.81. The van der Waals surface area contributed by atoms with Gasteiger partial charge in [-0.3, -0.25) is 9.69 Å². The molecule has 0 amide bonds. The third-order valence-electron chi connectivity index (χ3n) is 5.18. The minimum atomic E-state index is 0.0328. The van der Waals surface area contributed by atoms with E-state index in [1.165, 1.54) is 0 Å². The van der Waals surface area contributed by atoms with Crippen molar-refractivity contribution in [3.05, 3.63) is 35.5 Å². The van der Waals surface area contributed by atoms with Gasteiger partial charge in [-0.15, -0.1) is 0 Å². The second-order valence-electron chi connectivity index (χ2n) is 6.89. The van der Waals surface area contributed by atoms with Crippen LogP contribution in [0.4, 0.5) is 0 Å². The van der Waals surface area contributed by atoms with Gasteiger partial charge in [-0.25, -0.2) is 0 Å². The molecule has 0 bridgehead atoms. The molecule has 0 aliphatic carbocycles. The number of benzene rings is 1. The fraction of sp³-hybridized carbons (Fsp3) is 0.526. The van der Waals surface area contributed by atoms with Gasteiger partial charge in [-0.05, 0) is 58.0 Å². The van der Waals surface area contributed by atoms with E-state index in [0.717, 1.165) is 25.9 Å². The van der Waals surface area contributed by atoms with E-state index in [2.05, 4.69) is 22.0 Å². The van der Waals surface area contributed by atoms with E-state index in [-0.39, 0.29) is 17.7 Å². The van der Waals surface area contributed by atoms with E-state index in [1.54, 1.807) is 0 Å². The Labute approximate surface area is 152 Å². The molecule has 0 spiro atoms. The van der Waals surface area contributed by atoms with Gasteiger partial charge in [0, 0.05) is 11.5 Å². The summed E-state index contributed by atoms with van der Waals surface area (Å²) in [5, 5.41) is 3.86. The summed E-state index contributed by atoms with van der Waals surface area (Å²) in [5.41, 5.74) is 0.702. The van der Waals surface area contributed by atoms with Crippen LogP contribution in [-0.2, 0) is 0 Å². The molecule has 0 radical (unpaired) electrons. The number of fused-ring (bicyclic) bond motifs is 1. The van der Waals surface area contributed by atoms with Crippen LogP contribution in [0, 0.1) is 12.8 Å². The molecule has 1 aromatic carbocycles. The highest BCUT2D eigenvalue weighted by molar-refractivity contribution is 5.98. The molecular weight excluding hydrogens is 334 g/mol. The number of ether oxygens (including phenoxy) is 2. The minimum absolute atomic E-state index is 0.0328. The number of hydrogen-bond donors (Lipinski definition) is 0. The van der Waals surface area contributed by atoms with E-state index < -0.39 is 0 Å². The van der Waals surface area contributed by atoms with E-state index in [1.807, 2.05) is 25.1 Å². The van der Waals surface area contributed by atoms with Gasteiger partial charge in [0.1, 0.15) is 13.2 Å². The number of piperidine rings is 1. The summed E-state index contributed by atoms with van der Waals surface area (Å²) in [6.45, 7) is 6.63. The number of nitrogens with zero attached hydrogens (tertiary/aromatic N) is 3. The number of hydrogen-bond acceptors (Lipinski definition) is 7. The zero-order valence-electron chi connectivity index (χ0n) is 15.1. The lowest BCUT2D eigenvalue weighted by molar-refractivity contribution is 0.0774. The van der Waals surface area contributed by atoms with Gasteiger partial charge in [0.05, 0.1) is 6.04 Å². The maximum Gasteiger partial charge on any atom is 0.243 e. The summed E-state index contributed by atoms with van der Waals surface area (Å²) in [6.07, 6.45) is 1.65. The van der Waals surface area contributed by atoms with Crippen LogP contribution in [0.5, 0.6) is 11.5 Å². The first kappa shape index (κ1) is 17.0. The first-order chi connectivity index (χ1) is 12.6. The molecule has 2 aliphatic rings. The molecule has 4 rings (SSSR count). The zero-order valence-corrected chi connectivity index (χ0v) is 15.1. The zero-order chi connectivity index (χ0) is 18.1. The van der Waals surface area contributed by atoms with Crippen LogP contribution in [0.15, 0.2) is 22.7 Å². The number of ketones is 1. The molecule has 1 fully saturated rings. The highest BCUT2D eigenvalue weighted by Gasteiger charge is 2.30. The monoisotopic (exact) mass is 357 g/mol. The average Bonchev–Trinajstić information content (AvgIpc) is 3.13. The van der Waals surface area contributed by atoms with Crippen molar-refractivity contribution < 1.29 is 18.8 Å². The molecule has 0 unspecified atom stereocenters. The van der Waals surface area contributed by atoms with Crippen molar-refractivity contribution in [1.82, 2.24) is 15.0 Å². The number of carbonyl (C=O) groups excluding carboxylic acids is 1. The molecule has 1 atom stereocenters. The number of aromatic nitrogens is 2. The standard InChI is InChI=1S/C19H23N3O4/c1-12(19-20-13(2)21-26-19)22-7-5-14(6-8-22)18(23)15-3-4-16-17(11-15)25-10-9-24-16/h3-4,11-12,14H,5-10H2,1-2H3/t12-/m1/s1. The number of aryl methyl sites for hydroxylation is 1. The average molecular weight is 357 g/mol. The largest absolute Gasteiger partial charge is 0.486 e. The van der Waals surface area contributed by atoms with Crippen molar-refractivity contribution in [3.8, 4) is 11.5 Å². The van der Waals surface area contributed by atoms with Crippen molar-refractivity contribution in [2.45, 2.75) is 32.7 Å². The Hall–Kier alpha value is -2.41. The van der Waals surface area contributed by atoms with Crippen molar-refractivity contribution in [2.75, 3.05) is 26.3 Å². The van der Waals surface area contributed by atoms with Gasteiger partial charge in [0.2, 0.25) is 5.89 Å². The smallest absolute Gasteiger partial charge is 0.243 e. The van der Waals surface area contributed by atoms with Gasteiger partial charge in [0.15, 0.2) is 23.1 Å². The first-order valence-electron chi connectivity index (χ1n) is 9.10. The van der Waals surface area contributed by atoms with Crippen molar-refractivity contribution in [3.63, 3.8) is 0 Å². The maximum absolute atomic E-state index is 12.9. The van der Waals surface area contributed by atoms with Gasteiger partial charge in [-0.1, -0.05) is 5.16 Å². The van der Waals surface area contributed by atoms with Crippen LogP contribution in [0.1, 0.15) is 47.9 Å². The molecule has 7 heteroatoms. The third-order valence-corrected chi connectivity index (χ3v) is 5.18. The summed E-state index contributed by atoms with van der Waals surface area (Å²) in [4.78, 5) is 19.5. The summed E-state index contributed by atoms with van der Waals surface area (Å²) in [6, 6.07) is 5.55. The van der Waals surface area contributed by atoms with Crippen LogP contribution >= 0.6 is 0 Å². The third kappa shape index (κ3) is 3.31. The molecule has 26 heavy (non-hydrogen) atoms. The van der Waals surface area contributed by atoms with E-state index in [4.69, 9.17) is 14.0 Å². The highest BCUT2D eigenvalue weighted by atomic mass is 16.6. The van der Waals surface area contributed by atoms with Crippen molar-refractivity contribution >= 4 is 5.78 Å².